The summed E-state index contributed by atoms with van der Waals surface area (Å²) in [6.45, 7) is 0. The smallest absolute Gasteiger partial charge is 0.267 e. The SMILES string of the molecule is COc1ccc(C(=O)n2ccccc2=NC2CCCCC2)c(OC)c1. The molecule has 2 aromatic rings. The van der Waals surface area contributed by atoms with E-state index >= 15 is 0 Å². The van der Waals surface area contributed by atoms with E-state index in [1.54, 1.807) is 43.2 Å². The van der Waals surface area contributed by atoms with Crippen LogP contribution in [0.4, 0.5) is 0 Å². The topological polar surface area (TPSA) is 52.8 Å². The van der Waals surface area contributed by atoms with E-state index in [2.05, 4.69) is 0 Å². The normalized spacial score (nSPS) is 15.8. The Bertz CT molecular complexity index is 805. The molecule has 1 aromatic carbocycles. The minimum atomic E-state index is -0.158. The number of benzene rings is 1. The molecule has 5 heteroatoms. The molecule has 0 atom stereocenters. The molecule has 25 heavy (non-hydrogen) atoms. The van der Waals surface area contributed by atoms with Crippen molar-refractivity contribution in [3.8, 4) is 11.5 Å². The van der Waals surface area contributed by atoms with Crippen LogP contribution in [-0.2, 0) is 0 Å². The Balaban J connectivity index is 1.99. The molecule has 0 aliphatic heterocycles. The largest absolute Gasteiger partial charge is 0.497 e. The second-order valence-corrected chi connectivity index (χ2v) is 6.22. The highest BCUT2D eigenvalue weighted by Gasteiger charge is 2.17. The first-order valence-corrected chi connectivity index (χ1v) is 8.71. The molecular weight excluding hydrogens is 316 g/mol. The minimum absolute atomic E-state index is 0.158. The summed E-state index contributed by atoms with van der Waals surface area (Å²) in [7, 11) is 3.14. The molecule has 1 saturated carbocycles. The lowest BCUT2D eigenvalue weighted by molar-refractivity contribution is 0.0951. The highest BCUT2D eigenvalue weighted by atomic mass is 16.5. The van der Waals surface area contributed by atoms with Crippen molar-refractivity contribution in [1.82, 2.24) is 4.57 Å². The molecule has 1 aromatic heterocycles. The molecule has 5 nitrogen and oxygen atoms in total. The molecule has 0 saturated heterocycles. The highest BCUT2D eigenvalue weighted by molar-refractivity contribution is 5.98. The molecule has 1 fully saturated rings. The maximum Gasteiger partial charge on any atom is 0.267 e. The number of ether oxygens (including phenoxy) is 2. The zero-order valence-electron chi connectivity index (χ0n) is 14.8. The van der Waals surface area contributed by atoms with Crippen LogP contribution in [0, 0.1) is 0 Å². The van der Waals surface area contributed by atoms with Crippen LogP contribution >= 0.6 is 0 Å². The Morgan fingerprint density at radius 3 is 2.60 bits per heavy atom. The van der Waals surface area contributed by atoms with Crippen LogP contribution < -0.4 is 15.0 Å². The fourth-order valence-electron chi connectivity index (χ4n) is 3.21. The van der Waals surface area contributed by atoms with Gasteiger partial charge in [-0.05, 0) is 37.1 Å². The van der Waals surface area contributed by atoms with Gasteiger partial charge < -0.3 is 9.47 Å². The van der Waals surface area contributed by atoms with Crippen molar-refractivity contribution in [2.75, 3.05) is 14.2 Å². The zero-order valence-corrected chi connectivity index (χ0v) is 14.8. The van der Waals surface area contributed by atoms with Gasteiger partial charge in [0.25, 0.3) is 5.91 Å². The summed E-state index contributed by atoms with van der Waals surface area (Å²) < 4.78 is 12.2. The number of pyridine rings is 1. The third-order valence-corrected chi connectivity index (χ3v) is 4.59. The van der Waals surface area contributed by atoms with Gasteiger partial charge in [0.1, 0.15) is 17.0 Å². The van der Waals surface area contributed by atoms with Gasteiger partial charge in [0.15, 0.2) is 0 Å². The summed E-state index contributed by atoms with van der Waals surface area (Å²) in [4.78, 5) is 17.9. The van der Waals surface area contributed by atoms with E-state index in [0.29, 0.717) is 28.6 Å². The minimum Gasteiger partial charge on any atom is -0.497 e. The standard InChI is InChI=1S/C20H24N2O3/c1-24-16-11-12-17(18(14-16)25-2)20(23)22-13-7-6-10-19(22)21-15-8-4-3-5-9-15/h6-7,10-15H,3-5,8-9H2,1-2H3. The van der Waals surface area contributed by atoms with Gasteiger partial charge >= 0.3 is 0 Å². The van der Waals surface area contributed by atoms with Gasteiger partial charge in [0, 0.05) is 12.3 Å². The molecule has 3 rings (SSSR count). The maximum atomic E-state index is 13.1. The molecular formula is C20H24N2O3. The first kappa shape index (κ1) is 17.3. The highest BCUT2D eigenvalue weighted by Crippen LogP contribution is 2.25. The van der Waals surface area contributed by atoms with E-state index in [-0.39, 0.29) is 5.91 Å². The summed E-state index contributed by atoms with van der Waals surface area (Å²) in [5, 5.41) is 0. The Morgan fingerprint density at radius 2 is 1.88 bits per heavy atom. The van der Waals surface area contributed by atoms with Crippen LogP contribution in [0.5, 0.6) is 11.5 Å². The number of rotatable bonds is 4. The van der Waals surface area contributed by atoms with Gasteiger partial charge in [-0.1, -0.05) is 25.3 Å². The Morgan fingerprint density at radius 1 is 1.08 bits per heavy atom. The van der Waals surface area contributed by atoms with Crippen molar-refractivity contribution < 1.29 is 14.3 Å². The van der Waals surface area contributed by atoms with Gasteiger partial charge in [0.05, 0.1) is 25.8 Å². The molecule has 0 N–H and O–H groups in total. The molecule has 1 heterocycles. The number of hydrogen-bond acceptors (Lipinski definition) is 4. The molecule has 0 unspecified atom stereocenters. The lowest BCUT2D eigenvalue weighted by atomic mass is 9.96. The quantitative estimate of drug-likeness (QED) is 0.857. The number of methoxy groups -OCH3 is 2. The molecule has 1 aliphatic carbocycles. The van der Waals surface area contributed by atoms with E-state index < -0.39 is 0 Å². The van der Waals surface area contributed by atoms with E-state index in [1.165, 1.54) is 19.3 Å². The van der Waals surface area contributed by atoms with Gasteiger partial charge in [-0.25, -0.2) is 0 Å². The number of aromatic nitrogens is 1. The van der Waals surface area contributed by atoms with Crippen molar-refractivity contribution in [2.24, 2.45) is 4.99 Å². The van der Waals surface area contributed by atoms with E-state index in [9.17, 15) is 4.79 Å². The number of carbonyl (C=O) groups is 1. The van der Waals surface area contributed by atoms with Gasteiger partial charge in [-0.3, -0.25) is 14.4 Å². The monoisotopic (exact) mass is 340 g/mol. The molecule has 0 radical (unpaired) electrons. The Kier molecular flexibility index (Phi) is 5.53. The van der Waals surface area contributed by atoms with Crippen molar-refractivity contribution in [3.05, 3.63) is 53.6 Å². The van der Waals surface area contributed by atoms with Crippen LogP contribution in [0.3, 0.4) is 0 Å². The number of hydrogen-bond donors (Lipinski definition) is 0. The Hall–Kier alpha value is -2.56. The van der Waals surface area contributed by atoms with Crippen molar-refractivity contribution in [2.45, 2.75) is 38.1 Å². The average molecular weight is 340 g/mol. The van der Waals surface area contributed by atoms with E-state index in [4.69, 9.17) is 14.5 Å². The van der Waals surface area contributed by atoms with E-state index in [0.717, 1.165) is 12.8 Å². The van der Waals surface area contributed by atoms with Crippen LogP contribution in [0.25, 0.3) is 0 Å². The van der Waals surface area contributed by atoms with Crippen molar-refractivity contribution in [3.63, 3.8) is 0 Å². The predicted molar refractivity (Wildman–Crippen MR) is 96.1 cm³/mol. The van der Waals surface area contributed by atoms with Gasteiger partial charge in [0.2, 0.25) is 0 Å². The lowest BCUT2D eigenvalue weighted by Crippen LogP contribution is -2.29. The van der Waals surface area contributed by atoms with Crippen LogP contribution in [0.2, 0.25) is 0 Å². The second-order valence-electron chi connectivity index (χ2n) is 6.22. The van der Waals surface area contributed by atoms with Gasteiger partial charge in [-0.15, -0.1) is 0 Å². The van der Waals surface area contributed by atoms with Crippen LogP contribution in [0.1, 0.15) is 42.5 Å². The Labute approximate surface area is 147 Å². The molecule has 0 amide bonds. The fraction of sp³-hybridized carbons (Fsp3) is 0.400. The molecule has 132 valence electrons. The maximum absolute atomic E-state index is 13.1. The van der Waals surface area contributed by atoms with Gasteiger partial charge in [-0.2, -0.15) is 0 Å². The molecule has 0 spiro atoms. The fourth-order valence-corrected chi connectivity index (χ4v) is 3.21. The summed E-state index contributed by atoms with van der Waals surface area (Å²) in [5.41, 5.74) is 1.18. The second kappa shape index (κ2) is 8.01. The zero-order chi connectivity index (χ0) is 17.6. The predicted octanol–water partition coefficient (Wildman–Crippen LogP) is 3.43. The van der Waals surface area contributed by atoms with Crippen LogP contribution in [-0.4, -0.2) is 30.7 Å². The third-order valence-electron chi connectivity index (χ3n) is 4.59. The summed E-state index contributed by atoms with van der Waals surface area (Å²) in [5.74, 6) is 0.984. The third kappa shape index (κ3) is 3.92. The van der Waals surface area contributed by atoms with Crippen molar-refractivity contribution in [1.29, 1.82) is 0 Å². The summed E-state index contributed by atoms with van der Waals surface area (Å²) in [6, 6.07) is 11.1. The van der Waals surface area contributed by atoms with E-state index in [1.807, 2.05) is 18.2 Å². The number of carbonyl (C=O) groups excluding carboxylic acids is 1. The molecule has 0 bridgehead atoms. The first-order valence-electron chi connectivity index (χ1n) is 8.71. The number of nitrogens with zero attached hydrogens (tertiary/aromatic N) is 2. The van der Waals surface area contributed by atoms with Crippen molar-refractivity contribution >= 4 is 5.91 Å². The average Bonchev–Trinajstić information content (AvgIpc) is 2.68. The lowest BCUT2D eigenvalue weighted by Gasteiger charge is -2.18. The summed E-state index contributed by atoms with van der Waals surface area (Å²) >= 11 is 0. The summed E-state index contributed by atoms with van der Waals surface area (Å²) in [6.07, 6.45) is 7.64. The molecule has 1 aliphatic rings. The van der Waals surface area contributed by atoms with Crippen LogP contribution in [0.15, 0.2) is 47.6 Å². The first-order chi connectivity index (χ1) is 12.2.